The summed E-state index contributed by atoms with van der Waals surface area (Å²) in [5.74, 6) is -2.95. The molecule has 0 fully saturated rings. The number of amides is 1. The molecule has 0 spiro atoms. The third kappa shape index (κ3) is 4.30. The van der Waals surface area contributed by atoms with Crippen LogP contribution in [0.3, 0.4) is 0 Å². The lowest BCUT2D eigenvalue weighted by Crippen LogP contribution is -2.17. The number of aromatic nitrogens is 3. The van der Waals surface area contributed by atoms with Gasteiger partial charge >= 0.3 is 6.18 Å². The number of carbonyl (C=O) groups is 1. The molecule has 27 heavy (non-hydrogen) atoms. The smallest absolute Gasteiger partial charge is 0.298 e. The van der Waals surface area contributed by atoms with Crippen LogP contribution in [-0.2, 0) is 19.6 Å². The van der Waals surface area contributed by atoms with Crippen LogP contribution in [0.2, 0.25) is 0 Å². The van der Waals surface area contributed by atoms with Crippen molar-refractivity contribution in [3.05, 3.63) is 63.9 Å². The van der Waals surface area contributed by atoms with Gasteiger partial charge in [0.25, 0.3) is 5.91 Å². The molecule has 142 valence electrons. The normalized spacial score (nSPS) is 11.6. The Morgan fingerprint density at radius 2 is 2.00 bits per heavy atom. The summed E-state index contributed by atoms with van der Waals surface area (Å²) in [6.45, 7) is 0. The van der Waals surface area contributed by atoms with E-state index in [1.54, 1.807) is 0 Å². The number of thiazole rings is 1. The molecule has 2 aromatic heterocycles. The third-order valence-electron chi connectivity index (χ3n) is 3.48. The SMILES string of the molecule is Cn1cc(C(=O)Nc2ncc(Cc3ccc(F)c(F)c3)s2)c(C(F)(F)F)n1. The summed E-state index contributed by atoms with van der Waals surface area (Å²) in [5, 5.41) is 5.64. The van der Waals surface area contributed by atoms with Crippen LogP contribution in [0.1, 0.15) is 26.5 Å². The highest BCUT2D eigenvalue weighted by molar-refractivity contribution is 7.15. The van der Waals surface area contributed by atoms with Gasteiger partial charge in [-0.25, -0.2) is 13.8 Å². The quantitative estimate of drug-likeness (QED) is 0.671. The Bertz CT molecular complexity index is 995. The van der Waals surface area contributed by atoms with E-state index in [4.69, 9.17) is 0 Å². The molecule has 1 aromatic carbocycles. The van der Waals surface area contributed by atoms with Crippen LogP contribution in [0, 0.1) is 11.6 Å². The summed E-state index contributed by atoms with van der Waals surface area (Å²) in [6.07, 6.45) is -2.18. The Hall–Kier alpha value is -2.82. The molecule has 2 heterocycles. The van der Waals surface area contributed by atoms with Crippen molar-refractivity contribution in [1.29, 1.82) is 0 Å². The van der Waals surface area contributed by atoms with Crippen LogP contribution >= 0.6 is 11.3 Å². The number of benzene rings is 1. The van der Waals surface area contributed by atoms with Crippen molar-refractivity contribution in [2.24, 2.45) is 7.05 Å². The Balaban J connectivity index is 1.74. The van der Waals surface area contributed by atoms with Gasteiger partial charge in [-0.05, 0) is 17.7 Å². The molecule has 3 rings (SSSR count). The molecule has 0 aliphatic rings. The molecule has 0 saturated heterocycles. The van der Waals surface area contributed by atoms with Gasteiger partial charge in [-0.3, -0.25) is 14.8 Å². The molecule has 3 aromatic rings. The molecule has 1 N–H and O–H groups in total. The number of hydrogen-bond acceptors (Lipinski definition) is 4. The maximum absolute atomic E-state index is 13.2. The predicted octanol–water partition coefficient (Wildman–Crippen LogP) is 4.02. The van der Waals surface area contributed by atoms with Gasteiger partial charge in [-0.1, -0.05) is 6.07 Å². The average molecular weight is 402 g/mol. The highest BCUT2D eigenvalue weighted by Crippen LogP contribution is 2.31. The van der Waals surface area contributed by atoms with Crippen molar-refractivity contribution in [2.75, 3.05) is 5.32 Å². The zero-order chi connectivity index (χ0) is 19.8. The lowest BCUT2D eigenvalue weighted by Gasteiger charge is -2.05. The minimum absolute atomic E-state index is 0.0783. The monoisotopic (exact) mass is 402 g/mol. The largest absolute Gasteiger partial charge is 0.435 e. The van der Waals surface area contributed by atoms with Crippen molar-refractivity contribution < 1.29 is 26.7 Å². The first-order chi connectivity index (χ1) is 12.6. The van der Waals surface area contributed by atoms with Crippen LogP contribution in [-0.4, -0.2) is 20.7 Å². The van der Waals surface area contributed by atoms with Gasteiger partial charge in [-0.2, -0.15) is 18.3 Å². The maximum Gasteiger partial charge on any atom is 0.435 e. The summed E-state index contributed by atoms with van der Waals surface area (Å²) in [6, 6.07) is 3.44. The van der Waals surface area contributed by atoms with Crippen molar-refractivity contribution in [1.82, 2.24) is 14.8 Å². The summed E-state index contributed by atoms with van der Waals surface area (Å²) >= 11 is 1.01. The van der Waals surface area contributed by atoms with Crippen LogP contribution < -0.4 is 5.32 Å². The van der Waals surface area contributed by atoms with E-state index < -0.39 is 35.0 Å². The molecule has 0 aliphatic carbocycles. The second-order valence-corrected chi connectivity index (χ2v) is 6.69. The average Bonchev–Trinajstić information content (AvgIpc) is 3.17. The van der Waals surface area contributed by atoms with Crippen LogP contribution in [0.25, 0.3) is 0 Å². The summed E-state index contributed by atoms with van der Waals surface area (Å²) in [4.78, 5) is 16.7. The number of hydrogen-bond donors (Lipinski definition) is 1. The fourth-order valence-corrected chi connectivity index (χ4v) is 3.17. The Kier molecular flexibility index (Phi) is 4.96. The van der Waals surface area contributed by atoms with E-state index in [0.717, 1.165) is 34.3 Å². The van der Waals surface area contributed by atoms with Gasteiger partial charge in [0, 0.05) is 30.7 Å². The van der Waals surface area contributed by atoms with Gasteiger partial charge in [-0.15, -0.1) is 11.3 Å². The van der Waals surface area contributed by atoms with E-state index >= 15 is 0 Å². The van der Waals surface area contributed by atoms with Gasteiger partial charge in [0.1, 0.15) is 0 Å². The number of anilines is 1. The fourth-order valence-electron chi connectivity index (χ4n) is 2.33. The first-order valence-electron chi connectivity index (χ1n) is 7.44. The Morgan fingerprint density at radius 3 is 2.67 bits per heavy atom. The van der Waals surface area contributed by atoms with Crippen molar-refractivity contribution in [3.8, 4) is 0 Å². The molecule has 0 saturated carbocycles. The van der Waals surface area contributed by atoms with E-state index in [-0.39, 0.29) is 11.6 Å². The molecular formula is C16H11F5N4OS. The first kappa shape index (κ1) is 19.0. The zero-order valence-electron chi connectivity index (χ0n) is 13.6. The minimum atomic E-state index is -4.77. The highest BCUT2D eigenvalue weighted by atomic mass is 32.1. The summed E-state index contributed by atoms with van der Waals surface area (Å²) in [7, 11) is 1.27. The number of nitrogens with zero attached hydrogens (tertiary/aromatic N) is 3. The number of halogens is 5. The Morgan fingerprint density at radius 1 is 1.26 bits per heavy atom. The van der Waals surface area contributed by atoms with Gasteiger partial charge < -0.3 is 0 Å². The molecule has 0 bridgehead atoms. The number of alkyl halides is 3. The number of rotatable bonds is 4. The van der Waals surface area contributed by atoms with Crippen LogP contribution in [0.15, 0.2) is 30.6 Å². The van der Waals surface area contributed by atoms with E-state index in [0.29, 0.717) is 10.4 Å². The summed E-state index contributed by atoms with van der Waals surface area (Å²) < 4.78 is 65.9. The molecule has 5 nitrogen and oxygen atoms in total. The van der Waals surface area contributed by atoms with E-state index in [1.165, 1.54) is 19.3 Å². The van der Waals surface area contributed by atoms with Crippen molar-refractivity contribution >= 4 is 22.4 Å². The van der Waals surface area contributed by atoms with E-state index in [9.17, 15) is 26.7 Å². The number of nitrogens with one attached hydrogen (secondary N) is 1. The van der Waals surface area contributed by atoms with Gasteiger partial charge in [0.05, 0.1) is 5.56 Å². The predicted molar refractivity (Wildman–Crippen MR) is 87.4 cm³/mol. The second-order valence-electron chi connectivity index (χ2n) is 5.57. The van der Waals surface area contributed by atoms with Crippen LogP contribution in [0.4, 0.5) is 27.1 Å². The second kappa shape index (κ2) is 7.06. The zero-order valence-corrected chi connectivity index (χ0v) is 14.5. The lowest BCUT2D eigenvalue weighted by molar-refractivity contribution is -0.141. The first-order valence-corrected chi connectivity index (χ1v) is 8.26. The van der Waals surface area contributed by atoms with E-state index in [1.807, 2.05) is 0 Å². The number of aryl methyl sites for hydroxylation is 1. The molecule has 1 amide bonds. The fraction of sp³-hybridized carbons (Fsp3) is 0.188. The van der Waals surface area contributed by atoms with Crippen molar-refractivity contribution in [3.63, 3.8) is 0 Å². The standard InChI is InChI=1S/C16H11F5N4OS/c1-25-7-10(13(24-25)16(19,20)21)14(26)23-15-22-6-9(27-15)4-8-2-3-11(17)12(18)5-8/h2-3,5-7H,4H2,1H3,(H,22,23,26). The van der Waals surface area contributed by atoms with Gasteiger partial charge in [0.15, 0.2) is 22.5 Å². The molecule has 0 radical (unpaired) electrons. The molecular weight excluding hydrogens is 391 g/mol. The van der Waals surface area contributed by atoms with E-state index in [2.05, 4.69) is 15.4 Å². The third-order valence-corrected chi connectivity index (χ3v) is 4.39. The minimum Gasteiger partial charge on any atom is -0.298 e. The summed E-state index contributed by atoms with van der Waals surface area (Å²) in [5.41, 5.74) is -1.43. The molecule has 11 heteroatoms. The molecule has 0 aliphatic heterocycles. The van der Waals surface area contributed by atoms with Crippen LogP contribution in [0.5, 0.6) is 0 Å². The topological polar surface area (TPSA) is 59.8 Å². The number of carbonyl (C=O) groups excluding carboxylic acids is 1. The Labute approximate surface area is 153 Å². The lowest BCUT2D eigenvalue weighted by atomic mass is 10.1. The van der Waals surface area contributed by atoms with Crippen molar-refractivity contribution in [2.45, 2.75) is 12.6 Å². The molecule has 0 unspecified atom stereocenters. The highest BCUT2D eigenvalue weighted by Gasteiger charge is 2.39. The van der Waals surface area contributed by atoms with Gasteiger partial charge in [0.2, 0.25) is 0 Å². The maximum atomic E-state index is 13.2. The molecule has 0 atom stereocenters.